The van der Waals surface area contributed by atoms with Crippen LogP contribution in [-0.2, 0) is 0 Å². The number of nitrogens with one attached hydrogen (secondary N) is 1. The Morgan fingerprint density at radius 2 is 1.78 bits per heavy atom. The highest BCUT2D eigenvalue weighted by Crippen LogP contribution is 2.21. The van der Waals surface area contributed by atoms with E-state index in [-0.39, 0.29) is 5.91 Å². The lowest BCUT2D eigenvalue weighted by Crippen LogP contribution is -2.19. The van der Waals surface area contributed by atoms with Crippen molar-refractivity contribution in [3.05, 3.63) is 72.1 Å². The van der Waals surface area contributed by atoms with Crippen molar-refractivity contribution in [1.29, 1.82) is 0 Å². The van der Waals surface area contributed by atoms with Crippen molar-refractivity contribution in [2.75, 3.05) is 23.9 Å². The number of ether oxygens (including phenoxy) is 1. The molecule has 0 saturated carbocycles. The fourth-order valence-corrected chi connectivity index (χ4v) is 2.58. The average molecular weight is 362 g/mol. The minimum atomic E-state index is -0.285. The van der Waals surface area contributed by atoms with Gasteiger partial charge in [-0.3, -0.25) is 4.79 Å². The molecule has 6 heteroatoms. The summed E-state index contributed by atoms with van der Waals surface area (Å²) in [7, 11) is 1.87. The number of rotatable bonds is 6. The summed E-state index contributed by atoms with van der Waals surface area (Å²) in [4.78, 5) is 23.4. The number of nitrogens with zero attached hydrogens (tertiary/aromatic N) is 3. The smallest absolute Gasteiger partial charge is 0.274 e. The molecule has 0 aliphatic heterocycles. The number of anilines is 3. The lowest BCUT2D eigenvalue weighted by molar-refractivity contribution is 0.102. The van der Waals surface area contributed by atoms with Crippen LogP contribution in [-0.4, -0.2) is 29.5 Å². The normalized spacial score (nSPS) is 10.3. The first kappa shape index (κ1) is 18.4. The standard InChI is InChI=1S/C21H22N4O2/c1-4-27-18-12-10-16(11-13-18)23-20(26)19-14-15(2)22-21(24-19)25(3)17-8-6-5-7-9-17/h5-14H,4H2,1-3H3,(H,23,26). The van der Waals surface area contributed by atoms with Gasteiger partial charge >= 0.3 is 0 Å². The van der Waals surface area contributed by atoms with E-state index in [4.69, 9.17) is 4.74 Å². The van der Waals surface area contributed by atoms with Gasteiger partial charge in [-0.15, -0.1) is 0 Å². The van der Waals surface area contributed by atoms with E-state index in [2.05, 4.69) is 15.3 Å². The molecule has 6 nitrogen and oxygen atoms in total. The number of aryl methyl sites for hydroxylation is 1. The third-order valence-corrected chi connectivity index (χ3v) is 3.94. The third-order valence-electron chi connectivity index (χ3n) is 3.94. The summed E-state index contributed by atoms with van der Waals surface area (Å²) in [6, 6.07) is 18.7. The Hall–Kier alpha value is -3.41. The minimum absolute atomic E-state index is 0.285. The van der Waals surface area contributed by atoms with Gasteiger partial charge in [0.15, 0.2) is 0 Å². The molecule has 1 aromatic heterocycles. The lowest BCUT2D eigenvalue weighted by atomic mass is 10.2. The van der Waals surface area contributed by atoms with Gasteiger partial charge in [0.2, 0.25) is 5.95 Å². The predicted octanol–water partition coefficient (Wildman–Crippen LogP) is 4.20. The van der Waals surface area contributed by atoms with Crippen LogP contribution in [0.15, 0.2) is 60.7 Å². The lowest BCUT2D eigenvalue weighted by Gasteiger charge is -2.18. The summed E-state index contributed by atoms with van der Waals surface area (Å²) in [6.07, 6.45) is 0. The van der Waals surface area contributed by atoms with E-state index in [0.29, 0.717) is 23.9 Å². The summed E-state index contributed by atoms with van der Waals surface area (Å²) in [6.45, 7) is 4.37. The van der Waals surface area contributed by atoms with Crippen LogP contribution in [0.5, 0.6) is 5.75 Å². The summed E-state index contributed by atoms with van der Waals surface area (Å²) in [5.41, 5.74) is 2.66. The Kier molecular flexibility index (Phi) is 5.66. The van der Waals surface area contributed by atoms with Crippen molar-refractivity contribution in [2.24, 2.45) is 0 Å². The molecule has 27 heavy (non-hydrogen) atoms. The molecule has 0 aliphatic carbocycles. The van der Waals surface area contributed by atoms with Crippen molar-refractivity contribution in [3.8, 4) is 5.75 Å². The second kappa shape index (κ2) is 8.31. The summed E-state index contributed by atoms with van der Waals surface area (Å²) < 4.78 is 5.41. The number of hydrogen-bond donors (Lipinski definition) is 1. The molecule has 1 heterocycles. The van der Waals surface area contributed by atoms with Crippen LogP contribution in [0.2, 0.25) is 0 Å². The largest absolute Gasteiger partial charge is 0.494 e. The number of benzene rings is 2. The SMILES string of the molecule is CCOc1ccc(NC(=O)c2cc(C)nc(N(C)c3ccccc3)n2)cc1. The Morgan fingerprint density at radius 3 is 2.44 bits per heavy atom. The summed E-state index contributed by atoms with van der Waals surface area (Å²) >= 11 is 0. The molecule has 0 bridgehead atoms. The number of aromatic nitrogens is 2. The van der Waals surface area contributed by atoms with Gasteiger partial charge in [0.25, 0.3) is 5.91 Å². The highest BCUT2D eigenvalue weighted by atomic mass is 16.5. The van der Waals surface area contributed by atoms with E-state index in [1.54, 1.807) is 18.2 Å². The van der Waals surface area contributed by atoms with Gasteiger partial charge < -0.3 is 15.0 Å². The van der Waals surface area contributed by atoms with E-state index < -0.39 is 0 Å². The molecule has 0 radical (unpaired) electrons. The Labute approximate surface area is 158 Å². The molecular weight excluding hydrogens is 340 g/mol. The van der Waals surface area contributed by atoms with Gasteiger partial charge in [-0.1, -0.05) is 18.2 Å². The van der Waals surface area contributed by atoms with Crippen molar-refractivity contribution >= 4 is 23.2 Å². The number of amides is 1. The van der Waals surface area contributed by atoms with E-state index in [9.17, 15) is 4.79 Å². The Balaban J connectivity index is 1.79. The van der Waals surface area contributed by atoms with Crippen LogP contribution in [0.3, 0.4) is 0 Å². The third kappa shape index (κ3) is 4.61. The molecular formula is C21H22N4O2. The monoisotopic (exact) mass is 362 g/mol. The molecule has 0 aliphatic rings. The second-order valence-corrected chi connectivity index (χ2v) is 6.00. The number of hydrogen-bond acceptors (Lipinski definition) is 5. The van der Waals surface area contributed by atoms with Crippen LogP contribution in [0, 0.1) is 6.92 Å². The zero-order chi connectivity index (χ0) is 19.2. The quantitative estimate of drug-likeness (QED) is 0.712. The summed E-state index contributed by atoms with van der Waals surface area (Å²) in [5, 5.41) is 2.86. The number of carbonyl (C=O) groups is 1. The zero-order valence-electron chi connectivity index (χ0n) is 15.6. The molecule has 1 amide bonds. The topological polar surface area (TPSA) is 67.3 Å². The van der Waals surface area contributed by atoms with Gasteiger partial charge in [0.05, 0.1) is 6.61 Å². The van der Waals surface area contributed by atoms with E-state index in [1.165, 1.54) is 0 Å². The van der Waals surface area contributed by atoms with Crippen molar-refractivity contribution in [3.63, 3.8) is 0 Å². The van der Waals surface area contributed by atoms with Gasteiger partial charge in [-0.05, 0) is 56.3 Å². The van der Waals surface area contributed by atoms with Crippen LogP contribution >= 0.6 is 0 Å². The molecule has 0 unspecified atom stereocenters. The summed E-state index contributed by atoms with van der Waals surface area (Å²) in [5.74, 6) is 0.950. The minimum Gasteiger partial charge on any atom is -0.494 e. The molecule has 0 spiro atoms. The van der Waals surface area contributed by atoms with Crippen LogP contribution in [0.1, 0.15) is 23.1 Å². The highest BCUT2D eigenvalue weighted by Gasteiger charge is 2.14. The maximum atomic E-state index is 12.6. The fraction of sp³-hybridized carbons (Fsp3) is 0.190. The van der Waals surface area contributed by atoms with Gasteiger partial charge in [-0.2, -0.15) is 0 Å². The molecule has 138 valence electrons. The Bertz CT molecular complexity index is 911. The second-order valence-electron chi connectivity index (χ2n) is 6.00. The molecule has 0 saturated heterocycles. The molecule has 3 rings (SSSR count). The maximum absolute atomic E-state index is 12.6. The van der Waals surface area contributed by atoms with Crippen LogP contribution < -0.4 is 15.0 Å². The van der Waals surface area contributed by atoms with Gasteiger partial charge in [0.1, 0.15) is 11.4 Å². The zero-order valence-corrected chi connectivity index (χ0v) is 15.6. The molecule has 0 atom stereocenters. The van der Waals surface area contributed by atoms with Crippen molar-refractivity contribution in [1.82, 2.24) is 9.97 Å². The van der Waals surface area contributed by atoms with Crippen LogP contribution in [0.4, 0.5) is 17.3 Å². The van der Waals surface area contributed by atoms with E-state index in [1.807, 2.05) is 68.3 Å². The van der Waals surface area contributed by atoms with Gasteiger partial charge in [0, 0.05) is 24.1 Å². The number of carbonyl (C=O) groups excluding carboxylic acids is 1. The number of para-hydroxylation sites is 1. The van der Waals surface area contributed by atoms with E-state index >= 15 is 0 Å². The van der Waals surface area contributed by atoms with E-state index in [0.717, 1.165) is 17.1 Å². The van der Waals surface area contributed by atoms with Crippen LogP contribution in [0.25, 0.3) is 0 Å². The molecule has 2 aromatic carbocycles. The molecule has 1 N–H and O–H groups in total. The maximum Gasteiger partial charge on any atom is 0.274 e. The fourth-order valence-electron chi connectivity index (χ4n) is 2.58. The molecule has 3 aromatic rings. The van der Waals surface area contributed by atoms with Gasteiger partial charge in [-0.25, -0.2) is 9.97 Å². The molecule has 0 fully saturated rings. The van der Waals surface area contributed by atoms with Crippen molar-refractivity contribution in [2.45, 2.75) is 13.8 Å². The van der Waals surface area contributed by atoms with Crippen molar-refractivity contribution < 1.29 is 9.53 Å². The first-order chi connectivity index (χ1) is 13.1. The predicted molar refractivity (Wildman–Crippen MR) is 107 cm³/mol. The highest BCUT2D eigenvalue weighted by molar-refractivity contribution is 6.03. The Morgan fingerprint density at radius 1 is 1.07 bits per heavy atom. The average Bonchev–Trinajstić information content (AvgIpc) is 2.69. The first-order valence-corrected chi connectivity index (χ1v) is 8.75. The first-order valence-electron chi connectivity index (χ1n) is 8.75.